The lowest BCUT2D eigenvalue weighted by Crippen LogP contribution is -2.19. The third-order valence-corrected chi connectivity index (χ3v) is 2.86. The molecule has 0 fully saturated rings. The summed E-state index contributed by atoms with van der Waals surface area (Å²) in [4.78, 5) is 26.3. The Morgan fingerprint density at radius 3 is 2.72 bits per heavy atom. The molecule has 0 aliphatic heterocycles. The minimum absolute atomic E-state index is 0.196. The van der Waals surface area contributed by atoms with Crippen LogP contribution in [-0.2, 0) is 6.42 Å². The Morgan fingerprint density at radius 2 is 2.17 bits per heavy atom. The van der Waals surface area contributed by atoms with E-state index in [1.165, 1.54) is 7.11 Å². The predicted molar refractivity (Wildman–Crippen MR) is 67.5 cm³/mol. The number of carboxylic acids is 1. The van der Waals surface area contributed by atoms with Crippen LogP contribution in [0.4, 0.5) is 0 Å². The molecule has 0 saturated heterocycles. The lowest BCUT2D eigenvalue weighted by Gasteiger charge is -2.09. The maximum absolute atomic E-state index is 12.2. The molecule has 0 saturated carbocycles. The number of fused-ring (bicyclic) bond motifs is 1. The molecule has 2 rings (SSSR count). The first kappa shape index (κ1) is 12.2. The summed E-state index contributed by atoms with van der Waals surface area (Å²) in [5.74, 6) is -0.686. The van der Waals surface area contributed by atoms with Crippen LogP contribution in [0.25, 0.3) is 10.9 Å². The Balaban J connectivity index is 2.95. The molecule has 94 valence electrons. The summed E-state index contributed by atoms with van der Waals surface area (Å²) in [5.41, 5.74) is 0.265. The van der Waals surface area contributed by atoms with Crippen LogP contribution in [0.2, 0.25) is 0 Å². The minimum Gasteiger partial charge on any atom is -0.495 e. The van der Waals surface area contributed by atoms with E-state index in [2.05, 4.69) is 4.98 Å². The Bertz CT molecular complexity index is 672. The van der Waals surface area contributed by atoms with Gasteiger partial charge in [0.1, 0.15) is 11.3 Å². The first-order valence-corrected chi connectivity index (χ1v) is 5.55. The summed E-state index contributed by atoms with van der Waals surface area (Å²) in [6.07, 6.45) is 0.435. The van der Waals surface area contributed by atoms with Gasteiger partial charge in [0.2, 0.25) is 5.43 Å². The van der Waals surface area contributed by atoms with Crippen molar-refractivity contribution in [2.75, 3.05) is 7.11 Å². The van der Waals surface area contributed by atoms with Crippen molar-refractivity contribution in [3.63, 3.8) is 0 Å². The largest absolute Gasteiger partial charge is 0.495 e. The number of aromatic carboxylic acids is 1. The fourth-order valence-corrected chi connectivity index (χ4v) is 2.00. The molecule has 0 bridgehead atoms. The summed E-state index contributed by atoms with van der Waals surface area (Å²) in [6, 6.07) is 4.97. The Labute approximate surface area is 103 Å². The molecule has 0 atom stereocenters. The Hall–Kier alpha value is -2.30. The fraction of sp³-hybridized carbons (Fsp3) is 0.231. The van der Waals surface area contributed by atoms with E-state index in [4.69, 9.17) is 9.84 Å². The zero-order valence-electron chi connectivity index (χ0n) is 10.1. The smallest absolute Gasteiger partial charge is 0.341 e. The average molecular weight is 247 g/mol. The molecule has 18 heavy (non-hydrogen) atoms. The lowest BCUT2D eigenvalue weighted by molar-refractivity contribution is 0.0694. The highest BCUT2D eigenvalue weighted by Gasteiger charge is 2.18. The van der Waals surface area contributed by atoms with Crippen LogP contribution < -0.4 is 10.2 Å². The van der Waals surface area contributed by atoms with Gasteiger partial charge in [0.15, 0.2) is 0 Å². The normalized spacial score (nSPS) is 10.6. The van der Waals surface area contributed by atoms with Crippen molar-refractivity contribution in [3.05, 3.63) is 39.7 Å². The van der Waals surface area contributed by atoms with Gasteiger partial charge < -0.3 is 14.8 Å². The first-order valence-electron chi connectivity index (χ1n) is 5.55. The van der Waals surface area contributed by atoms with Gasteiger partial charge >= 0.3 is 5.97 Å². The number of carboxylic acid groups (broad SMARTS) is 1. The van der Waals surface area contributed by atoms with E-state index in [1.807, 2.05) is 0 Å². The van der Waals surface area contributed by atoms with Gasteiger partial charge in [0.25, 0.3) is 0 Å². The first-order chi connectivity index (χ1) is 8.60. The third kappa shape index (κ3) is 1.73. The molecule has 0 spiro atoms. The number of hydrogen-bond acceptors (Lipinski definition) is 3. The van der Waals surface area contributed by atoms with Crippen molar-refractivity contribution in [2.45, 2.75) is 13.3 Å². The summed E-state index contributed by atoms with van der Waals surface area (Å²) in [7, 11) is 1.50. The molecule has 1 aromatic carbocycles. The highest BCUT2D eigenvalue weighted by molar-refractivity contribution is 5.95. The number of methoxy groups -OCH3 is 1. The van der Waals surface area contributed by atoms with Crippen molar-refractivity contribution in [1.82, 2.24) is 4.98 Å². The molecule has 1 heterocycles. The van der Waals surface area contributed by atoms with Gasteiger partial charge in [-0.1, -0.05) is 13.0 Å². The maximum atomic E-state index is 12.2. The number of pyridine rings is 1. The molecular weight excluding hydrogens is 234 g/mol. The predicted octanol–water partition coefficient (Wildman–Crippen LogP) is 1.80. The molecule has 0 unspecified atom stereocenters. The van der Waals surface area contributed by atoms with Crippen LogP contribution in [0.5, 0.6) is 5.75 Å². The summed E-state index contributed by atoms with van der Waals surface area (Å²) < 4.78 is 5.16. The zero-order valence-corrected chi connectivity index (χ0v) is 10.1. The molecule has 5 nitrogen and oxygen atoms in total. The summed E-state index contributed by atoms with van der Waals surface area (Å²) >= 11 is 0. The van der Waals surface area contributed by atoms with Crippen molar-refractivity contribution in [1.29, 1.82) is 0 Å². The van der Waals surface area contributed by atoms with E-state index in [9.17, 15) is 9.59 Å². The van der Waals surface area contributed by atoms with Crippen LogP contribution in [0, 0.1) is 0 Å². The van der Waals surface area contributed by atoms with Crippen LogP contribution in [0.1, 0.15) is 23.0 Å². The number of ether oxygens (including phenoxy) is 1. The number of rotatable bonds is 3. The Kier molecular flexibility index (Phi) is 3.06. The van der Waals surface area contributed by atoms with Crippen molar-refractivity contribution < 1.29 is 14.6 Å². The second-order valence-electron chi connectivity index (χ2n) is 3.85. The molecule has 0 radical (unpaired) electrons. The number of aromatic amines is 1. The van der Waals surface area contributed by atoms with Gasteiger partial charge in [-0.25, -0.2) is 4.79 Å². The maximum Gasteiger partial charge on any atom is 0.341 e. The number of carbonyl (C=O) groups is 1. The number of H-pyrrole nitrogens is 1. The molecule has 2 N–H and O–H groups in total. The van der Waals surface area contributed by atoms with Gasteiger partial charge in [-0.05, 0) is 18.6 Å². The third-order valence-electron chi connectivity index (χ3n) is 2.86. The second-order valence-corrected chi connectivity index (χ2v) is 3.85. The number of nitrogens with one attached hydrogen (secondary N) is 1. The number of para-hydroxylation sites is 1. The molecule has 0 aliphatic carbocycles. The monoisotopic (exact) mass is 247 g/mol. The van der Waals surface area contributed by atoms with E-state index >= 15 is 0 Å². The molecule has 0 aliphatic rings. The average Bonchev–Trinajstić information content (AvgIpc) is 2.37. The molecular formula is C13H13NO4. The number of benzene rings is 1. The number of aryl methyl sites for hydroxylation is 1. The van der Waals surface area contributed by atoms with Gasteiger partial charge in [-0.2, -0.15) is 0 Å². The van der Waals surface area contributed by atoms with E-state index in [0.717, 1.165) is 0 Å². The summed E-state index contributed by atoms with van der Waals surface area (Å²) in [6.45, 7) is 1.79. The van der Waals surface area contributed by atoms with E-state index in [0.29, 0.717) is 28.8 Å². The number of aromatic nitrogens is 1. The zero-order chi connectivity index (χ0) is 13.3. The van der Waals surface area contributed by atoms with Crippen LogP contribution in [0.15, 0.2) is 23.0 Å². The second kappa shape index (κ2) is 4.52. The van der Waals surface area contributed by atoms with Crippen LogP contribution in [-0.4, -0.2) is 23.2 Å². The van der Waals surface area contributed by atoms with Crippen molar-refractivity contribution in [2.24, 2.45) is 0 Å². The highest BCUT2D eigenvalue weighted by Crippen LogP contribution is 2.22. The van der Waals surface area contributed by atoms with Gasteiger partial charge in [0, 0.05) is 5.69 Å². The van der Waals surface area contributed by atoms with Gasteiger partial charge in [0.05, 0.1) is 18.0 Å². The standard InChI is InChI=1S/C13H13NO4/c1-3-8-10(13(16)17)12(15)7-5-4-6-9(18-2)11(7)14-8/h4-6H,3H2,1-2H3,(H,14,15)(H,16,17). The molecule has 5 heteroatoms. The van der Waals surface area contributed by atoms with Crippen LogP contribution >= 0.6 is 0 Å². The topological polar surface area (TPSA) is 79.4 Å². The van der Waals surface area contributed by atoms with Crippen molar-refractivity contribution >= 4 is 16.9 Å². The fourth-order valence-electron chi connectivity index (χ4n) is 2.00. The van der Waals surface area contributed by atoms with Crippen molar-refractivity contribution in [3.8, 4) is 5.75 Å². The lowest BCUT2D eigenvalue weighted by atomic mass is 10.1. The molecule has 2 aromatic rings. The molecule has 0 amide bonds. The summed E-state index contributed by atoms with van der Waals surface area (Å²) in [5, 5.41) is 9.44. The highest BCUT2D eigenvalue weighted by atomic mass is 16.5. The molecule has 1 aromatic heterocycles. The van der Waals surface area contributed by atoms with Gasteiger partial charge in [-0.3, -0.25) is 4.79 Å². The SMILES string of the molecule is CCc1[nH]c2c(OC)cccc2c(=O)c1C(=O)O. The Morgan fingerprint density at radius 1 is 1.44 bits per heavy atom. The van der Waals surface area contributed by atoms with Gasteiger partial charge in [-0.15, -0.1) is 0 Å². The number of hydrogen-bond donors (Lipinski definition) is 2. The van der Waals surface area contributed by atoms with E-state index in [1.54, 1.807) is 25.1 Å². The van der Waals surface area contributed by atoms with E-state index < -0.39 is 11.4 Å². The minimum atomic E-state index is -1.21. The van der Waals surface area contributed by atoms with E-state index in [-0.39, 0.29) is 5.56 Å². The van der Waals surface area contributed by atoms with Crippen LogP contribution in [0.3, 0.4) is 0 Å². The quantitative estimate of drug-likeness (QED) is 0.866.